The summed E-state index contributed by atoms with van der Waals surface area (Å²) >= 11 is 11.7. The maximum absolute atomic E-state index is 12.2. The number of hydrogen-bond acceptors (Lipinski definition) is 3. The van der Waals surface area contributed by atoms with Crippen molar-refractivity contribution in [3.05, 3.63) is 27.2 Å². The number of hydrogen-bond donors (Lipinski definition) is 2. The average Bonchev–Trinajstić information content (AvgIpc) is 2.32. The van der Waals surface area contributed by atoms with E-state index in [0.29, 0.717) is 5.56 Å². The lowest BCUT2D eigenvalue weighted by Crippen LogP contribution is -2.40. The molecule has 1 aromatic carbocycles. The molecule has 10 heteroatoms. The van der Waals surface area contributed by atoms with Crippen molar-refractivity contribution >= 4 is 33.2 Å². The minimum atomic E-state index is -4.92. The lowest BCUT2D eigenvalue weighted by Gasteiger charge is -2.17. The largest absolute Gasteiger partial charge is 0.415 e. The van der Waals surface area contributed by atoms with Gasteiger partial charge in [-0.05, 0) is 31.0 Å². The Morgan fingerprint density at radius 2 is 1.86 bits per heavy atom. The van der Waals surface area contributed by atoms with Crippen LogP contribution < -0.4 is 4.72 Å². The fraction of sp³-hybridized carbons (Fsp3) is 0.455. The first kappa shape index (κ1) is 18.5. The molecule has 0 heterocycles. The molecule has 0 aliphatic heterocycles. The van der Waals surface area contributed by atoms with E-state index < -0.39 is 33.7 Å². The van der Waals surface area contributed by atoms with Gasteiger partial charge in [-0.15, -0.1) is 0 Å². The molecule has 0 saturated carbocycles. The highest BCUT2D eigenvalue weighted by Crippen LogP contribution is 2.33. The molecule has 1 rings (SSSR count). The Labute approximate surface area is 129 Å². The summed E-state index contributed by atoms with van der Waals surface area (Å²) in [5, 5.41) is 8.82. The Bertz CT molecular complexity index is 621. The standard InChI is InChI=1S/C11H12Cl2F3NO3S/c1-5-3-7(12)6(2)10(9(5)13)21(19,20)17-4-8(18)11(14,15)16/h3,8,17-18H,4H2,1-2H3. The zero-order valence-electron chi connectivity index (χ0n) is 10.9. The number of benzene rings is 1. The van der Waals surface area contributed by atoms with Crippen LogP contribution in [-0.4, -0.2) is 32.3 Å². The van der Waals surface area contributed by atoms with E-state index in [9.17, 15) is 21.6 Å². The highest BCUT2D eigenvalue weighted by Gasteiger charge is 2.39. The van der Waals surface area contributed by atoms with Gasteiger partial charge in [0.15, 0.2) is 6.10 Å². The number of nitrogens with one attached hydrogen (secondary N) is 1. The van der Waals surface area contributed by atoms with Gasteiger partial charge in [-0.25, -0.2) is 13.1 Å². The zero-order valence-corrected chi connectivity index (χ0v) is 13.3. The van der Waals surface area contributed by atoms with E-state index in [1.165, 1.54) is 19.9 Å². The van der Waals surface area contributed by atoms with Gasteiger partial charge in [-0.2, -0.15) is 13.2 Å². The van der Waals surface area contributed by atoms with Crippen molar-refractivity contribution in [1.82, 2.24) is 4.72 Å². The van der Waals surface area contributed by atoms with Crippen LogP contribution in [0.5, 0.6) is 0 Å². The normalized spacial score (nSPS) is 14.3. The highest BCUT2D eigenvalue weighted by atomic mass is 35.5. The predicted octanol–water partition coefficient (Wildman–Crippen LogP) is 2.81. The number of aliphatic hydroxyl groups excluding tert-OH is 1. The molecule has 0 bridgehead atoms. The van der Waals surface area contributed by atoms with Gasteiger partial charge in [0.25, 0.3) is 0 Å². The smallest absolute Gasteiger partial charge is 0.382 e. The van der Waals surface area contributed by atoms with E-state index in [-0.39, 0.29) is 15.6 Å². The highest BCUT2D eigenvalue weighted by molar-refractivity contribution is 7.89. The van der Waals surface area contributed by atoms with Crippen LogP contribution >= 0.6 is 23.2 Å². The SMILES string of the molecule is Cc1cc(Cl)c(C)c(S(=O)(=O)NCC(O)C(F)(F)F)c1Cl. The van der Waals surface area contributed by atoms with Crippen molar-refractivity contribution < 1.29 is 26.7 Å². The predicted molar refractivity (Wildman–Crippen MR) is 73.2 cm³/mol. The molecule has 21 heavy (non-hydrogen) atoms. The third kappa shape index (κ3) is 4.23. The quantitative estimate of drug-likeness (QED) is 0.861. The molecule has 2 N–H and O–H groups in total. The second kappa shape index (κ2) is 6.29. The Kier molecular flexibility index (Phi) is 5.55. The fourth-order valence-corrected chi connectivity index (χ4v) is 3.76. The van der Waals surface area contributed by atoms with Gasteiger partial charge >= 0.3 is 6.18 Å². The summed E-state index contributed by atoms with van der Waals surface area (Å²) in [5.41, 5.74) is 0.477. The van der Waals surface area contributed by atoms with Crippen LogP contribution in [0.3, 0.4) is 0 Å². The van der Waals surface area contributed by atoms with Gasteiger partial charge in [0, 0.05) is 11.6 Å². The maximum Gasteiger partial charge on any atom is 0.415 e. The number of rotatable bonds is 4. The molecule has 0 amide bonds. The number of aryl methyl sites for hydroxylation is 1. The van der Waals surface area contributed by atoms with E-state index >= 15 is 0 Å². The van der Waals surface area contributed by atoms with Gasteiger partial charge in [0.05, 0.1) is 5.02 Å². The third-order valence-corrected chi connectivity index (χ3v) is 5.29. The summed E-state index contributed by atoms with van der Waals surface area (Å²) in [6.45, 7) is 1.67. The molecule has 0 saturated heterocycles. The fourth-order valence-electron chi connectivity index (χ4n) is 1.51. The Morgan fingerprint density at radius 1 is 1.33 bits per heavy atom. The second-order valence-corrected chi connectivity index (χ2v) is 6.84. The van der Waals surface area contributed by atoms with Gasteiger partial charge in [-0.3, -0.25) is 0 Å². The summed E-state index contributed by atoms with van der Waals surface area (Å²) in [6, 6.07) is 1.45. The first-order valence-corrected chi connectivity index (χ1v) is 7.81. The third-order valence-electron chi connectivity index (χ3n) is 2.70. The van der Waals surface area contributed by atoms with Crippen LogP contribution in [-0.2, 0) is 10.0 Å². The lowest BCUT2D eigenvalue weighted by molar-refractivity contribution is -0.200. The van der Waals surface area contributed by atoms with Crippen molar-refractivity contribution in [2.45, 2.75) is 31.0 Å². The summed E-state index contributed by atoms with van der Waals surface area (Å²) < 4.78 is 62.4. The number of aliphatic hydroxyl groups is 1. The molecule has 0 aliphatic carbocycles. The van der Waals surface area contributed by atoms with Gasteiger partial charge < -0.3 is 5.11 Å². The summed E-state index contributed by atoms with van der Waals surface area (Å²) in [5.74, 6) is 0. The molecule has 0 radical (unpaired) electrons. The van der Waals surface area contributed by atoms with Crippen molar-refractivity contribution in [3.8, 4) is 0 Å². The van der Waals surface area contributed by atoms with Gasteiger partial charge in [0.2, 0.25) is 10.0 Å². The molecule has 0 aromatic heterocycles. The van der Waals surface area contributed by atoms with Crippen LogP contribution in [0.2, 0.25) is 10.0 Å². The molecule has 0 spiro atoms. The summed E-state index contributed by atoms with van der Waals surface area (Å²) in [4.78, 5) is -0.399. The Balaban J connectivity index is 3.16. The molecule has 0 aliphatic rings. The van der Waals surface area contributed by atoms with Crippen LogP contribution in [0.15, 0.2) is 11.0 Å². The minimum Gasteiger partial charge on any atom is -0.382 e. The van der Waals surface area contributed by atoms with E-state index in [1.54, 1.807) is 4.72 Å². The van der Waals surface area contributed by atoms with Crippen LogP contribution in [0.1, 0.15) is 11.1 Å². The second-order valence-electron chi connectivity index (χ2n) is 4.35. The minimum absolute atomic E-state index is 0.112. The van der Waals surface area contributed by atoms with Gasteiger partial charge in [0.1, 0.15) is 4.90 Å². The van der Waals surface area contributed by atoms with E-state index in [0.717, 1.165) is 0 Å². The van der Waals surface area contributed by atoms with E-state index in [2.05, 4.69) is 0 Å². The molecular weight excluding hydrogens is 354 g/mol. The lowest BCUT2D eigenvalue weighted by atomic mass is 10.2. The van der Waals surface area contributed by atoms with Crippen molar-refractivity contribution in [1.29, 1.82) is 0 Å². The molecule has 1 aromatic rings. The number of sulfonamides is 1. The monoisotopic (exact) mass is 365 g/mol. The molecule has 4 nitrogen and oxygen atoms in total. The van der Waals surface area contributed by atoms with Crippen LogP contribution in [0.25, 0.3) is 0 Å². The maximum atomic E-state index is 12.2. The first-order valence-electron chi connectivity index (χ1n) is 5.57. The van der Waals surface area contributed by atoms with E-state index in [1.807, 2.05) is 0 Å². The molecule has 120 valence electrons. The summed E-state index contributed by atoms with van der Waals surface area (Å²) in [6.07, 6.45) is -7.74. The van der Waals surface area contributed by atoms with Crippen molar-refractivity contribution in [2.75, 3.05) is 6.54 Å². The number of halogens is 5. The average molecular weight is 366 g/mol. The summed E-state index contributed by atoms with van der Waals surface area (Å²) in [7, 11) is -4.35. The number of alkyl halides is 3. The van der Waals surface area contributed by atoms with E-state index in [4.69, 9.17) is 28.3 Å². The van der Waals surface area contributed by atoms with Crippen molar-refractivity contribution in [2.24, 2.45) is 0 Å². The molecule has 1 atom stereocenters. The topological polar surface area (TPSA) is 66.4 Å². The van der Waals surface area contributed by atoms with Crippen molar-refractivity contribution in [3.63, 3.8) is 0 Å². The Morgan fingerprint density at radius 3 is 2.33 bits per heavy atom. The molecule has 1 unspecified atom stereocenters. The zero-order chi connectivity index (χ0) is 16.6. The molecule has 0 fully saturated rings. The van der Waals surface area contributed by atoms with Crippen LogP contribution in [0, 0.1) is 13.8 Å². The molecular formula is C11H12Cl2F3NO3S. The Hall–Kier alpha value is -0.540. The van der Waals surface area contributed by atoms with Crippen LogP contribution in [0.4, 0.5) is 13.2 Å². The van der Waals surface area contributed by atoms with Gasteiger partial charge in [-0.1, -0.05) is 23.2 Å². The first-order chi connectivity index (χ1) is 9.38.